The van der Waals surface area contributed by atoms with Crippen molar-refractivity contribution in [2.75, 3.05) is 0 Å². The minimum Gasteiger partial charge on any atom is -0.0847 e. The van der Waals surface area contributed by atoms with Gasteiger partial charge in [0.2, 0.25) is 0 Å². The van der Waals surface area contributed by atoms with E-state index in [2.05, 4.69) is 12.2 Å². The Hall–Kier alpha value is -0.490. The summed E-state index contributed by atoms with van der Waals surface area (Å²) in [5.41, 5.74) is 1.22. The molecule has 0 aromatic carbocycles. The molecule has 0 aliphatic heterocycles. The average Bonchev–Trinajstić information content (AvgIpc) is 1.93. The number of hydrogen-bond acceptors (Lipinski definition) is 0. The second kappa shape index (κ2) is 2.88. The van der Waals surface area contributed by atoms with Gasteiger partial charge in [0.1, 0.15) is 0 Å². The largest absolute Gasteiger partial charge is 0.0847 e. The minimum atomic E-state index is 0.845. The molecule has 0 saturated heterocycles. The maximum absolute atomic E-state index is 5.76. The third-order valence-electron chi connectivity index (χ3n) is 1.20. The van der Waals surface area contributed by atoms with E-state index in [9.17, 15) is 0 Å². The molecule has 0 fully saturated rings. The van der Waals surface area contributed by atoms with Crippen LogP contribution in [0.3, 0.4) is 0 Å². The lowest BCUT2D eigenvalue weighted by Gasteiger charge is -1.85. The van der Waals surface area contributed by atoms with Gasteiger partial charge in [0.15, 0.2) is 0 Å². The maximum Gasteiger partial charge on any atom is 0.0371 e. The van der Waals surface area contributed by atoms with Crippen molar-refractivity contribution in [2.45, 2.75) is 13.3 Å². The van der Waals surface area contributed by atoms with Crippen molar-refractivity contribution in [1.29, 1.82) is 0 Å². The second-order valence-corrected chi connectivity index (χ2v) is 2.55. The summed E-state index contributed by atoms with van der Waals surface area (Å²) >= 11 is 5.76. The van der Waals surface area contributed by atoms with Crippen LogP contribution in [0.5, 0.6) is 0 Å². The molecule has 1 aliphatic rings. The van der Waals surface area contributed by atoms with Crippen LogP contribution in [0.2, 0.25) is 0 Å². The molecule has 48 valence electrons. The summed E-state index contributed by atoms with van der Waals surface area (Å²) in [4.78, 5) is 0. The van der Waals surface area contributed by atoms with Crippen molar-refractivity contribution >= 4 is 11.6 Å². The van der Waals surface area contributed by atoms with Crippen molar-refractivity contribution in [3.63, 3.8) is 0 Å². The molecule has 0 atom stereocenters. The Morgan fingerprint density at radius 3 is 3.11 bits per heavy atom. The first-order chi connectivity index (χ1) is 4.29. The summed E-state index contributed by atoms with van der Waals surface area (Å²) in [5.74, 6) is 0. The number of rotatable bonds is 0. The molecule has 0 radical (unpaired) electrons. The third-order valence-corrected chi connectivity index (χ3v) is 1.46. The summed E-state index contributed by atoms with van der Waals surface area (Å²) in [6, 6.07) is 0. The highest BCUT2D eigenvalue weighted by Crippen LogP contribution is 2.12. The Kier molecular flexibility index (Phi) is 2.12. The smallest absolute Gasteiger partial charge is 0.0371 e. The summed E-state index contributed by atoms with van der Waals surface area (Å²) in [6.45, 7) is 2.04. The standard InChI is InChI=1S/C8H9Cl/c1-7-4-2-3-5-8(9)6-7/h2,4-6H,3H2,1H3. The Labute approximate surface area is 60.5 Å². The minimum absolute atomic E-state index is 0.845. The van der Waals surface area contributed by atoms with Gasteiger partial charge in [-0.2, -0.15) is 0 Å². The molecule has 1 rings (SSSR count). The van der Waals surface area contributed by atoms with Gasteiger partial charge in [-0.25, -0.2) is 0 Å². The van der Waals surface area contributed by atoms with E-state index in [1.807, 2.05) is 19.1 Å². The van der Waals surface area contributed by atoms with Gasteiger partial charge >= 0.3 is 0 Å². The molecule has 0 amide bonds. The monoisotopic (exact) mass is 140 g/mol. The predicted octanol–water partition coefficient (Wildman–Crippen LogP) is 3.02. The first-order valence-electron chi connectivity index (χ1n) is 2.99. The SMILES string of the molecule is CC1=CC(Cl)=CCC=C1. The molecule has 0 saturated carbocycles. The number of hydrogen-bond donors (Lipinski definition) is 0. The normalized spacial score (nSPS) is 18.4. The van der Waals surface area contributed by atoms with Crippen LogP contribution < -0.4 is 0 Å². The van der Waals surface area contributed by atoms with Crippen molar-refractivity contribution in [1.82, 2.24) is 0 Å². The van der Waals surface area contributed by atoms with E-state index in [-0.39, 0.29) is 0 Å². The van der Waals surface area contributed by atoms with Crippen LogP contribution in [0, 0.1) is 0 Å². The Balaban J connectivity index is 2.82. The summed E-state index contributed by atoms with van der Waals surface area (Å²) in [5, 5.41) is 0.845. The van der Waals surface area contributed by atoms with Gasteiger partial charge in [0.25, 0.3) is 0 Å². The zero-order valence-corrected chi connectivity index (χ0v) is 6.15. The Morgan fingerprint density at radius 2 is 2.33 bits per heavy atom. The van der Waals surface area contributed by atoms with Gasteiger partial charge in [-0.1, -0.05) is 29.8 Å². The molecule has 1 heteroatoms. The first-order valence-corrected chi connectivity index (χ1v) is 3.37. The van der Waals surface area contributed by atoms with Crippen LogP contribution in [-0.2, 0) is 0 Å². The van der Waals surface area contributed by atoms with E-state index in [1.165, 1.54) is 5.57 Å². The fourth-order valence-electron chi connectivity index (χ4n) is 0.759. The van der Waals surface area contributed by atoms with Crippen LogP contribution in [0.25, 0.3) is 0 Å². The lowest BCUT2D eigenvalue weighted by molar-refractivity contribution is 1.39. The van der Waals surface area contributed by atoms with Crippen LogP contribution in [0.4, 0.5) is 0 Å². The van der Waals surface area contributed by atoms with Crippen LogP contribution in [-0.4, -0.2) is 0 Å². The predicted molar refractivity (Wildman–Crippen MR) is 41.5 cm³/mol. The molecule has 0 aromatic heterocycles. The molecule has 0 unspecified atom stereocenters. The molecule has 0 bridgehead atoms. The molecule has 0 nitrogen and oxygen atoms in total. The molecule has 9 heavy (non-hydrogen) atoms. The van der Waals surface area contributed by atoms with Crippen molar-refractivity contribution < 1.29 is 0 Å². The fourth-order valence-corrected chi connectivity index (χ4v) is 1.02. The quantitative estimate of drug-likeness (QED) is 0.485. The van der Waals surface area contributed by atoms with E-state index in [0.717, 1.165) is 11.5 Å². The summed E-state index contributed by atoms with van der Waals surface area (Å²) in [7, 11) is 0. The average molecular weight is 141 g/mol. The van der Waals surface area contributed by atoms with Gasteiger partial charge in [-0.3, -0.25) is 0 Å². The van der Waals surface area contributed by atoms with Crippen LogP contribution >= 0.6 is 11.6 Å². The zero-order chi connectivity index (χ0) is 6.69. The highest BCUT2D eigenvalue weighted by Gasteiger charge is 1.90. The lowest BCUT2D eigenvalue weighted by atomic mass is 10.3. The molecule has 0 spiro atoms. The van der Waals surface area contributed by atoms with Crippen LogP contribution in [0.15, 0.2) is 34.9 Å². The van der Waals surface area contributed by atoms with E-state index in [0.29, 0.717) is 0 Å². The molecule has 0 aromatic rings. The maximum atomic E-state index is 5.76. The van der Waals surface area contributed by atoms with E-state index in [4.69, 9.17) is 11.6 Å². The van der Waals surface area contributed by atoms with Crippen LogP contribution in [0.1, 0.15) is 13.3 Å². The molecule has 0 heterocycles. The van der Waals surface area contributed by atoms with E-state index < -0.39 is 0 Å². The third kappa shape index (κ3) is 2.06. The highest BCUT2D eigenvalue weighted by molar-refractivity contribution is 6.31. The first kappa shape index (κ1) is 6.63. The van der Waals surface area contributed by atoms with Crippen molar-refractivity contribution in [3.05, 3.63) is 34.9 Å². The molecule has 0 N–H and O–H groups in total. The highest BCUT2D eigenvalue weighted by atomic mass is 35.5. The Morgan fingerprint density at radius 1 is 1.56 bits per heavy atom. The molecule has 1 aliphatic carbocycles. The van der Waals surface area contributed by atoms with E-state index in [1.54, 1.807) is 0 Å². The van der Waals surface area contributed by atoms with Crippen molar-refractivity contribution in [2.24, 2.45) is 0 Å². The van der Waals surface area contributed by atoms with Crippen molar-refractivity contribution in [3.8, 4) is 0 Å². The topological polar surface area (TPSA) is 0 Å². The molecular weight excluding hydrogens is 132 g/mol. The van der Waals surface area contributed by atoms with Gasteiger partial charge in [0, 0.05) is 5.03 Å². The van der Waals surface area contributed by atoms with E-state index >= 15 is 0 Å². The molecular formula is C8H9Cl. The fraction of sp³-hybridized carbons (Fsp3) is 0.250. The second-order valence-electron chi connectivity index (χ2n) is 2.12. The van der Waals surface area contributed by atoms with Gasteiger partial charge in [-0.15, -0.1) is 0 Å². The summed E-state index contributed by atoms with van der Waals surface area (Å²) < 4.78 is 0. The van der Waals surface area contributed by atoms with Gasteiger partial charge < -0.3 is 0 Å². The zero-order valence-electron chi connectivity index (χ0n) is 5.39. The Bertz CT molecular complexity index is 185. The van der Waals surface area contributed by atoms with Gasteiger partial charge in [0.05, 0.1) is 0 Å². The lowest BCUT2D eigenvalue weighted by Crippen LogP contribution is -1.64. The summed E-state index contributed by atoms with van der Waals surface area (Å²) in [6.07, 6.45) is 9.08. The number of allylic oxidation sites excluding steroid dienone is 6. The number of halogens is 1. The van der Waals surface area contributed by atoms with Gasteiger partial charge in [-0.05, 0) is 25.0 Å².